The molecule has 2 N–H and O–H groups in total. The Labute approximate surface area is 99.6 Å². The van der Waals surface area contributed by atoms with Gasteiger partial charge in [-0.15, -0.1) is 0 Å². The van der Waals surface area contributed by atoms with Crippen molar-refractivity contribution in [2.75, 3.05) is 0 Å². The minimum absolute atomic E-state index is 0.603. The van der Waals surface area contributed by atoms with Crippen molar-refractivity contribution in [2.24, 2.45) is 0 Å². The van der Waals surface area contributed by atoms with Gasteiger partial charge in [0.1, 0.15) is 29.4 Å². The predicted molar refractivity (Wildman–Crippen MR) is 62.4 cm³/mol. The number of nitrogens with one attached hydrogen (secondary N) is 2. The summed E-state index contributed by atoms with van der Waals surface area (Å²) >= 11 is 0. The van der Waals surface area contributed by atoms with Gasteiger partial charge in [-0.25, -0.2) is 29.9 Å². The Kier molecular flexibility index (Phi) is 1.68. The molecule has 0 atom stereocenters. The highest BCUT2D eigenvalue weighted by atomic mass is 15.1. The van der Waals surface area contributed by atoms with Crippen LogP contribution in [0.15, 0.2) is 25.2 Å². The molecule has 0 aliphatic carbocycles. The van der Waals surface area contributed by atoms with E-state index < -0.39 is 0 Å². The maximum absolute atomic E-state index is 4.37. The number of nitrogens with zero attached hydrogens (tertiary/aromatic N) is 6. The molecular formula is C10H6N8. The highest BCUT2D eigenvalue weighted by Crippen LogP contribution is 2.21. The van der Waals surface area contributed by atoms with Crippen LogP contribution in [0.25, 0.3) is 33.8 Å². The van der Waals surface area contributed by atoms with Gasteiger partial charge in [-0.1, -0.05) is 0 Å². The molecule has 0 fully saturated rings. The predicted octanol–water partition coefficient (Wildman–Crippen LogP) is 0.686. The lowest BCUT2D eigenvalue weighted by Crippen LogP contribution is -1.89. The molecule has 0 radical (unpaired) electrons. The Morgan fingerprint density at radius 1 is 0.944 bits per heavy atom. The van der Waals surface area contributed by atoms with Crippen LogP contribution in [0.1, 0.15) is 0 Å². The van der Waals surface area contributed by atoms with Gasteiger partial charge in [0.25, 0.3) is 0 Å². The van der Waals surface area contributed by atoms with Crippen molar-refractivity contribution in [3.8, 4) is 11.5 Å². The highest BCUT2D eigenvalue weighted by Gasteiger charge is 2.12. The average Bonchev–Trinajstić information content (AvgIpc) is 3.04. The van der Waals surface area contributed by atoms with E-state index in [1.165, 1.54) is 12.7 Å². The van der Waals surface area contributed by atoms with Crippen LogP contribution < -0.4 is 0 Å². The van der Waals surface area contributed by atoms with Gasteiger partial charge in [-0.3, -0.25) is 0 Å². The van der Waals surface area contributed by atoms with E-state index in [-0.39, 0.29) is 0 Å². The standard InChI is InChI=1S/C10H6N8/c1-5-8(14-2-11-1)18-10(17-5)7-6-9(15-3-12-6)16-4-13-7/h1-4H,(H,11,14,17,18)(H,12,13,15,16). The third kappa shape index (κ3) is 1.19. The monoisotopic (exact) mass is 238 g/mol. The summed E-state index contributed by atoms with van der Waals surface area (Å²) in [4.78, 5) is 30.9. The second-order valence-corrected chi connectivity index (χ2v) is 3.67. The molecule has 0 saturated carbocycles. The lowest BCUT2D eigenvalue weighted by molar-refractivity contribution is 1.17. The minimum atomic E-state index is 0.603. The van der Waals surface area contributed by atoms with E-state index in [4.69, 9.17) is 0 Å². The summed E-state index contributed by atoms with van der Waals surface area (Å²) in [6, 6.07) is 0. The molecule has 0 aliphatic rings. The molecule has 8 nitrogen and oxygen atoms in total. The molecular weight excluding hydrogens is 232 g/mol. The average molecular weight is 238 g/mol. The summed E-state index contributed by atoms with van der Waals surface area (Å²) in [6.07, 6.45) is 6.16. The van der Waals surface area contributed by atoms with E-state index in [1.807, 2.05) is 0 Å². The molecule has 0 bridgehead atoms. The van der Waals surface area contributed by atoms with Gasteiger partial charge in [0.05, 0.1) is 12.5 Å². The summed E-state index contributed by atoms with van der Waals surface area (Å²) in [5.41, 5.74) is 3.37. The van der Waals surface area contributed by atoms with Gasteiger partial charge in [-0.2, -0.15) is 0 Å². The Hall–Kier alpha value is -2.90. The molecule has 18 heavy (non-hydrogen) atoms. The zero-order valence-electron chi connectivity index (χ0n) is 8.99. The fourth-order valence-electron chi connectivity index (χ4n) is 1.82. The molecule has 0 saturated heterocycles. The number of hydrogen-bond acceptors (Lipinski definition) is 6. The molecule has 4 rings (SSSR count). The van der Waals surface area contributed by atoms with Crippen LogP contribution in [-0.2, 0) is 0 Å². The zero-order chi connectivity index (χ0) is 11.9. The Morgan fingerprint density at radius 3 is 2.83 bits per heavy atom. The lowest BCUT2D eigenvalue weighted by atomic mass is 10.3. The largest absolute Gasteiger partial charge is 0.341 e. The third-order valence-corrected chi connectivity index (χ3v) is 2.61. The number of aromatic amines is 2. The summed E-state index contributed by atoms with van der Waals surface area (Å²) in [5, 5.41) is 0. The fourth-order valence-corrected chi connectivity index (χ4v) is 1.82. The smallest absolute Gasteiger partial charge is 0.181 e. The van der Waals surface area contributed by atoms with Crippen LogP contribution in [0.4, 0.5) is 0 Å². The Morgan fingerprint density at radius 2 is 1.89 bits per heavy atom. The molecule has 8 heteroatoms. The van der Waals surface area contributed by atoms with Crippen molar-refractivity contribution in [1.29, 1.82) is 0 Å². The molecule has 0 aromatic carbocycles. The molecule has 0 amide bonds. The number of imidazole rings is 2. The van der Waals surface area contributed by atoms with Crippen molar-refractivity contribution in [3.05, 3.63) is 25.2 Å². The quantitative estimate of drug-likeness (QED) is 0.505. The van der Waals surface area contributed by atoms with Crippen molar-refractivity contribution < 1.29 is 0 Å². The fraction of sp³-hybridized carbons (Fsp3) is 0. The molecule has 0 unspecified atom stereocenters. The molecule has 0 spiro atoms. The summed E-state index contributed by atoms with van der Waals surface area (Å²) in [7, 11) is 0. The van der Waals surface area contributed by atoms with Crippen LogP contribution in [0, 0.1) is 0 Å². The van der Waals surface area contributed by atoms with E-state index in [0.717, 1.165) is 11.0 Å². The second kappa shape index (κ2) is 3.29. The first-order valence-corrected chi connectivity index (χ1v) is 5.22. The van der Waals surface area contributed by atoms with E-state index in [1.54, 1.807) is 12.5 Å². The van der Waals surface area contributed by atoms with Crippen molar-refractivity contribution in [1.82, 2.24) is 39.9 Å². The SMILES string of the molecule is c1ncc2[nH]c(-c3ncnc4nc[nH]c34)nc2n1. The van der Waals surface area contributed by atoms with Crippen molar-refractivity contribution >= 4 is 22.3 Å². The van der Waals surface area contributed by atoms with Gasteiger partial charge in [-0.05, 0) is 0 Å². The molecule has 4 aromatic heterocycles. The maximum Gasteiger partial charge on any atom is 0.181 e. The molecule has 4 aromatic rings. The zero-order valence-corrected chi connectivity index (χ0v) is 8.99. The summed E-state index contributed by atoms with van der Waals surface area (Å²) in [6.45, 7) is 0. The van der Waals surface area contributed by atoms with Crippen LogP contribution in [0.5, 0.6) is 0 Å². The number of fused-ring (bicyclic) bond motifs is 2. The Bertz CT molecular complexity index is 812. The van der Waals surface area contributed by atoms with Crippen LogP contribution in [0.3, 0.4) is 0 Å². The number of H-pyrrole nitrogens is 2. The van der Waals surface area contributed by atoms with Gasteiger partial charge < -0.3 is 9.97 Å². The van der Waals surface area contributed by atoms with Gasteiger partial charge in [0, 0.05) is 0 Å². The first kappa shape index (κ1) is 9.16. The van der Waals surface area contributed by atoms with Gasteiger partial charge >= 0.3 is 0 Å². The van der Waals surface area contributed by atoms with E-state index >= 15 is 0 Å². The lowest BCUT2D eigenvalue weighted by Gasteiger charge is -1.95. The van der Waals surface area contributed by atoms with Crippen LogP contribution in [-0.4, -0.2) is 39.9 Å². The van der Waals surface area contributed by atoms with Crippen LogP contribution >= 0.6 is 0 Å². The van der Waals surface area contributed by atoms with Gasteiger partial charge in [0.15, 0.2) is 17.1 Å². The topological polar surface area (TPSA) is 109 Å². The molecule has 86 valence electrons. The minimum Gasteiger partial charge on any atom is -0.341 e. The van der Waals surface area contributed by atoms with E-state index in [9.17, 15) is 0 Å². The van der Waals surface area contributed by atoms with Gasteiger partial charge in [0.2, 0.25) is 0 Å². The van der Waals surface area contributed by atoms with E-state index in [0.29, 0.717) is 22.8 Å². The summed E-state index contributed by atoms with van der Waals surface area (Å²) in [5.74, 6) is 0.613. The second-order valence-electron chi connectivity index (χ2n) is 3.67. The van der Waals surface area contributed by atoms with E-state index in [2.05, 4.69) is 39.9 Å². The third-order valence-electron chi connectivity index (χ3n) is 2.61. The number of aromatic nitrogens is 8. The highest BCUT2D eigenvalue weighted by molar-refractivity contribution is 5.86. The first-order valence-electron chi connectivity index (χ1n) is 5.22. The maximum atomic E-state index is 4.37. The molecule has 4 heterocycles. The number of hydrogen-bond donors (Lipinski definition) is 2. The normalized spacial score (nSPS) is 11.3. The summed E-state index contributed by atoms with van der Waals surface area (Å²) < 4.78 is 0. The molecule has 0 aliphatic heterocycles. The first-order chi connectivity index (χ1) is 8.92. The Balaban J connectivity index is 2.04. The van der Waals surface area contributed by atoms with Crippen molar-refractivity contribution in [3.63, 3.8) is 0 Å². The number of rotatable bonds is 1. The van der Waals surface area contributed by atoms with Crippen LogP contribution in [0.2, 0.25) is 0 Å². The van der Waals surface area contributed by atoms with Crippen molar-refractivity contribution in [2.45, 2.75) is 0 Å².